The third-order valence-electron chi connectivity index (χ3n) is 11.5. The fraction of sp³-hybridized carbons (Fsp3) is 0.476. The van der Waals surface area contributed by atoms with Crippen LogP contribution in [0.1, 0.15) is 89.9 Å². The van der Waals surface area contributed by atoms with Gasteiger partial charge in [-0.1, -0.05) is 25.0 Å². The van der Waals surface area contributed by atoms with Crippen LogP contribution in [0.25, 0.3) is 0 Å². The molecule has 3 aromatic rings. The Morgan fingerprint density at radius 1 is 0.800 bits per heavy atom. The second kappa shape index (κ2) is 16.7. The molecule has 0 saturated carbocycles. The number of hydrogen-bond donors (Lipinski definition) is 1. The van der Waals surface area contributed by atoms with Crippen molar-refractivity contribution < 1.29 is 32.3 Å². The van der Waals surface area contributed by atoms with E-state index in [1.54, 1.807) is 17.0 Å². The number of nitrogens with one attached hydrogen (secondary N) is 1. The molecule has 3 saturated heterocycles. The summed E-state index contributed by atoms with van der Waals surface area (Å²) < 4.78 is 46.4. The van der Waals surface area contributed by atoms with Gasteiger partial charge in [-0.25, -0.2) is 0 Å². The van der Waals surface area contributed by atoms with Crippen molar-refractivity contribution in [2.75, 3.05) is 62.2 Å². The highest BCUT2D eigenvalue weighted by atomic mass is 19.4. The average molecular weight is 757 g/mol. The lowest BCUT2D eigenvalue weighted by atomic mass is 9.89. The van der Waals surface area contributed by atoms with Gasteiger partial charge in [0, 0.05) is 69.2 Å². The van der Waals surface area contributed by atoms with Gasteiger partial charge in [0.2, 0.25) is 11.8 Å². The summed E-state index contributed by atoms with van der Waals surface area (Å²) in [6, 6.07) is 19.2. The van der Waals surface area contributed by atoms with E-state index in [2.05, 4.69) is 33.3 Å². The molecule has 55 heavy (non-hydrogen) atoms. The molecule has 1 unspecified atom stereocenters. The number of fused-ring (bicyclic) bond motifs is 1. The maximum absolute atomic E-state index is 13.4. The summed E-state index contributed by atoms with van der Waals surface area (Å²) in [4.78, 5) is 45.4. The highest BCUT2D eigenvalue weighted by Gasteiger charge is 2.39. The Bertz CT molecular complexity index is 1910. The highest BCUT2D eigenvalue weighted by Crippen LogP contribution is 2.37. The van der Waals surface area contributed by atoms with Gasteiger partial charge in [0.25, 0.3) is 5.91 Å². The normalized spacial score (nSPS) is 19.7. The van der Waals surface area contributed by atoms with Crippen molar-refractivity contribution in [3.63, 3.8) is 0 Å². The molecule has 0 aliphatic carbocycles. The van der Waals surface area contributed by atoms with Gasteiger partial charge in [0.1, 0.15) is 11.8 Å². The van der Waals surface area contributed by atoms with E-state index >= 15 is 0 Å². The summed E-state index contributed by atoms with van der Waals surface area (Å²) in [5.74, 6) is 0.359. The van der Waals surface area contributed by atoms with Gasteiger partial charge in [-0.05, 0) is 104 Å². The number of carbonyl (C=O) groups excluding carboxylic acids is 3. The number of piperidine rings is 2. The number of hydrogen-bond acceptors (Lipinski definition) is 8. The summed E-state index contributed by atoms with van der Waals surface area (Å²) in [5, 5.41) is 11.5. The summed E-state index contributed by atoms with van der Waals surface area (Å²) in [6.07, 6.45) is 2.09. The minimum atomic E-state index is -4.56. The predicted octanol–water partition coefficient (Wildman–Crippen LogP) is 6.48. The highest BCUT2D eigenvalue weighted by molar-refractivity contribution is 6.05. The fourth-order valence-electron chi connectivity index (χ4n) is 8.34. The molecule has 3 fully saturated rings. The lowest BCUT2D eigenvalue weighted by molar-refractivity contribution is -0.138. The van der Waals surface area contributed by atoms with Crippen LogP contribution >= 0.6 is 0 Å². The summed E-state index contributed by atoms with van der Waals surface area (Å²) in [5.41, 5.74) is 3.16. The van der Waals surface area contributed by atoms with Gasteiger partial charge in [0.05, 0.1) is 23.8 Å². The molecule has 4 aliphatic heterocycles. The third-order valence-corrected chi connectivity index (χ3v) is 11.5. The van der Waals surface area contributed by atoms with Gasteiger partial charge in [0.15, 0.2) is 0 Å². The van der Waals surface area contributed by atoms with E-state index in [0.717, 1.165) is 94.3 Å². The molecule has 10 nitrogen and oxygen atoms in total. The molecule has 3 amide bonds. The molecule has 0 aromatic heterocycles. The van der Waals surface area contributed by atoms with Crippen LogP contribution in [0.15, 0.2) is 60.7 Å². The number of nitriles is 1. The molecule has 290 valence electrons. The Morgan fingerprint density at radius 3 is 2.20 bits per heavy atom. The largest absolute Gasteiger partial charge is 0.494 e. The van der Waals surface area contributed by atoms with Gasteiger partial charge in [-0.3, -0.25) is 24.6 Å². The zero-order valence-electron chi connectivity index (χ0n) is 31.0. The first kappa shape index (κ1) is 38.2. The number of nitrogens with zero attached hydrogens (tertiary/aromatic N) is 5. The standard InChI is InChI=1S/C42H47F3N6O4/c43-42(44,45)37-26-34(8-5-31(37)27-46)49-18-15-30(16-19-49)29-6-10-35(11-7-29)55-24-4-2-1-3-17-48-20-22-50(23-21-48)33-9-12-36-32(25-33)28-51(41(36)54)38-13-14-39(52)47-40(38)53/h5-12,25-26,30,38H,1-4,13-24,28H2,(H,47,52,53). The number of carbonyl (C=O) groups is 3. The van der Waals surface area contributed by atoms with Gasteiger partial charge < -0.3 is 19.4 Å². The summed E-state index contributed by atoms with van der Waals surface area (Å²) in [6.45, 7) is 7.22. The van der Waals surface area contributed by atoms with Crippen LogP contribution in [0.3, 0.4) is 0 Å². The maximum Gasteiger partial charge on any atom is 0.417 e. The van der Waals surface area contributed by atoms with E-state index in [1.807, 2.05) is 29.2 Å². The van der Waals surface area contributed by atoms with Gasteiger partial charge in [-0.15, -0.1) is 0 Å². The summed E-state index contributed by atoms with van der Waals surface area (Å²) >= 11 is 0. The number of piperazine rings is 1. The first-order valence-corrected chi connectivity index (χ1v) is 19.4. The van der Waals surface area contributed by atoms with Crippen molar-refractivity contribution in [2.45, 2.75) is 76.0 Å². The first-order valence-electron chi connectivity index (χ1n) is 19.4. The van der Waals surface area contributed by atoms with Crippen molar-refractivity contribution in [3.8, 4) is 11.8 Å². The Hall–Kier alpha value is -5.09. The Kier molecular flexibility index (Phi) is 11.6. The number of amides is 3. The van der Waals surface area contributed by atoms with E-state index < -0.39 is 23.7 Å². The lowest BCUT2D eigenvalue weighted by Gasteiger charge is -2.36. The zero-order valence-corrected chi connectivity index (χ0v) is 31.0. The van der Waals surface area contributed by atoms with E-state index in [1.165, 1.54) is 11.6 Å². The average Bonchev–Trinajstić information content (AvgIpc) is 3.52. The number of benzene rings is 3. The molecular formula is C42H47F3N6O4. The van der Waals surface area contributed by atoms with Crippen LogP contribution < -0.4 is 19.9 Å². The van der Waals surface area contributed by atoms with Crippen LogP contribution in [-0.2, 0) is 22.3 Å². The van der Waals surface area contributed by atoms with Gasteiger partial charge in [-0.2, -0.15) is 18.4 Å². The zero-order chi connectivity index (χ0) is 38.5. The van der Waals surface area contributed by atoms with Crippen LogP contribution in [0, 0.1) is 11.3 Å². The molecule has 1 atom stereocenters. The topological polar surface area (TPSA) is 109 Å². The molecule has 0 spiro atoms. The maximum atomic E-state index is 13.4. The van der Waals surface area contributed by atoms with Gasteiger partial charge >= 0.3 is 6.18 Å². The number of ether oxygens (including phenoxy) is 1. The molecule has 4 heterocycles. The molecule has 7 rings (SSSR count). The van der Waals surface area contributed by atoms with Crippen molar-refractivity contribution in [1.29, 1.82) is 5.26 Å². The Labute approximate surface area is 319 Å². The first-order chi connectivity index (χ1) is 26.6. The minimum absolute atomic E-state index is 0.145. The van der Waals surface area contributed by atoms with Crippen LogP contribution in [0.2, 0.25) is 0 Å². The number of anilines is 2. The van der Waals surface area contributed by atoms with Crippen molar-refractivity contribution in [2.24, 2.45) is 0 Å². The van der Waals surface area contributed by atoms with Crippen LogP contribution in [-0.4, -0.2) is 86.0 Å². The van der Waals surface area contributed by atoms with E-state index in [-0.39, 0.29) is 23.8 Å². The minimum Gasteiger partial charge on any atom is -0.494 e. The van der Waals surface area contributed by atoms with E-state index in [4.69, 9.17) is 10.00 Å². The summed E-state index contributed by atoms with van der Waals surface area (Å²) in [7, 11) is 0. The molecule has 0 radical (unpaired) electrons. The van der Waals surface area contributed by atoms with E-state index in [9.17, 15) is 27.6 Å². The molecule has 3 aromatic carbocycles. The monoisotopic (exact) mass is 756 g/mol. The number of alkyl halides is 3. The van der Waals surface area contributed by atoms with Crippen molar-refractivity contribution >= 4 is 29.1 Å². The number of halogens is 3. The van der Waals surface area contributed by atoms with Crippen LogP contribution in [0.5, 0.6) is 5.75 Å². The van der Waals surface area contributed by atoms with Crippen molar-refractivity contribution in [3.05, 3.63) is 88.5 Å². The third kappa shape index (κ3) is 8.91. The second-order valence-corrected chi connectivity index (χ2v) is 15.0. The number of imide groups is 1. The van der Waals surface area contributed by atoms with E-state index in [0.29, 0.717) is 49.8 Å². The lowest BCUT2D eigenvalue weighted by Crippen LogP contribution is -2.52. The smallest absolute Gasteiger partial charge is 0.417 e. The Balaban J connectivity index is 0.763. The molecule has 0 bridgehead atoms. The van der Waals surface area contributed by atoms with Crippen LogP contribution in [0.4, 0.5) is 24.5 Å². The Morgan fingerprint density at radius 2 is 1.49 bits per heavy atom. The second-order valence-electron chi connectivity index (χ2n) is 15.0. The molecule has 1 N–H and O–H groups in total. The number of unbranched alkanes of at least 4 members (excludes halogenated alkanes) is 3. The fourth-order valence-corrected chi connectivity index (χ4v) is 8.34. The quantitative estimate of drug-likeness (QED) is 0.165. The molecular weight excluding hydrogens is 709 g/mol. The molecule has 13 heteroatoms. The SMILES string of the molecule is N#Cc1ccc(N2CCC(c3ccc(OCCCCCCN4CCN(c5ccc6c(c5)CN(C5CCC(=O)NC5=O)C6=O)CC4)cc3)CC2)cc1C(F)(F)F. The number of rotatable bonds is 12. The predicted molar refractivity (Wildman–Crippen MR) is 202 cm³/mol. The molecule has 4 aliphatic rings. The van der Waals surface area contributed by atoms with Crippen molar-refractivity contribution in [1.82, 2.24) is 15.1 Å².